The molecule has 1 aromatic heterocycles. The molecule has 2 N–H and O–H groups in total. The molecule has 208 valence electrons. The van der Waals surface area contributed by atoms with Gasteiger partial charge in [-0.15, -0.1) is 0 Å². The van der Waals surface area contributed by atoms with Crippen LogP contribution in [-0.4, -0.2) is 97.4 Å². The molecule has 1 aromatic carbocycles. The molecule has 0 spiro atoms. The summed E-state index contributed by atoms with van der Waals surface area (Å²) in [5.74, 6) is -2.63. The van der Waals surface area contributed by atoms with Crippen LogP contribution in [0, 0.1) is 11.6 Å². The van der Waals surface area contributed by atoms with Crippen LogP contribution in [0.3, 0.4) is 0 Å². The highest BCUT2D eigenvalue weighted by molar-refractivity contribution is 5.94. The number of rotatable bonds is 8. The van der Waals surface area contributed by atoms with Gasteiger partial charge in [-0.2, -0.15) is 0 Å². The second-order valence-electron chi connectivity index (χ2n) is 8.62. The smallest absolute Gasteiger partial charge is 0.414 e. The van der Waals surface area contributed by atoms with Crippen molar-refractivity contribution < 1.29 is 37.4 Å². The fraction of sp³-hybridized carbons (Fsp3) is 0.417. The second kappa shape index (κ2) is 12.3. The summed E-state index contributed by atoms with van der Waals surface area (Å²) >= 11 is 0. The number of aromatic nitrogens is 2. The molecule has 15 heteroatoms. The summed E-state index contributed by atoms with van der Waals surface area (Å²) in [5.41, 5.74) is -0.212. The van der Waals surface area contributed by atoms with Crippen molar-refractivity contribution in [3.63, 3.8) is 0 Å². The van der Waals surface area contributed by atoms with Crippen molar-refractivity contribution in [2.45, 2.75) is 13.0 Å². The van der Waals surface area contributed by atoms with Crippen molar-refractivity contribution in [1.82, 2.24) is 25.5 Å². The van der Waals surface area contributed by atoms with Gasteiger partial charge in [-0.05, 0) is 6.92 Å². The van der Waals surface area contributed by atoms with Crippen molar-refractivity contribution in [1.29, 1.82) is 0 Å². The van der Waals surface area contributed by atoms with Gasteiger partial charge in [0.2, 0.25) is 5.91 Å². The lowest BCUT2D eigenvalue weighted by atomic mass is 10.2. The van der Waals surface area contributed by atoms with Crippen LogP contribution >= 0.6 is 0 Å². The van der Waals surface area contributed by atoms with Crippen molar-refractivity contribution in [2.75, 3.05) is 62.2 Å². The molecule has 1 atom stereocenters. The summed E-state index contributed by atoms with van der Waals surface area (Å²) in [6.07, 6.45) is 1.88. The number of anilines is 2. The molecular formula is C24H27F2N7O6. The van der Waals surface area contributed by atoms with Gasteiger partial charge in [-0.25, -0.2) is 23.4 Å². The molecule has 4 amide bonds. The highest BCUT2D eigenvalue weighted by Gasteiger charge is 2.34. The Morgan fingerprint density at radius 1 is 1.10 bits per heavy atom. The maximum atomic E-state index is 15.1. The highest BCUT2D eigenvalue weighted by atomic mass is 19.1. The van der Waals surface area contributed by atoms with Crippen LogP contribution in [0.15, 0.2) is 30.7 Å². The minimum atomic E-state index is -0.873. The number of carbonyl (C=O) groups excluding carboxylic acids is 4. The zero-order valence-electron chi connectivity index (χ0n) is 21.1. The second-order valence-corrected chi connectivity index (χ2v) is 8.62. The minimum Gasteiger partial charge on any atom is -0.450 e. The number of carbonyl (C=O) groups is 4. The lowest BCUT2D eigenvalue weighted by Crippen LogP contribution is -2.51. The van der Waals surface area contributed by atoms with Gasteiger partial charge >= 0.3 is 12.2 Å². The Labute approximate surface area is 222 Å². The first-order valence-corrected chi connectivity index (χ1v) is 12.2. The van der Waals surface area contributed by atoms with Crippen molar-refractivity contribution in [3.05, 3.63) is 48.1 Å². The van der Waals surface area contributed by atoms with E-state index in [-0.39, 0.29) is 75.4 Å². The van der Waals surface area contributed by atoms with Gasteiger partial charge in [0.05, 0.1) is 38.1 Å². The molecule has 0 aliphatic carbocycles. The molecule has 0 bridgehead atoms. The summed E-state index contributed by atoms with van der Waals surface area (Å²) in [7, 11) is 0. The van der Waals surface area contributed by atoms with Gasteiger partial charge in [0.15, 0.2) is 11.6 Å². The standard InChI is InChI=1S/C24H27F2N7O6/c1-2-38-23(36)30-11-16-14-33(24(37)39-16)15-9-17(25)21(18(26)10-15)32-7-5-31(6-8-32)20(34)13-29-22(35)19-12-27-3-4-28-19/h3-4,9-10,12,16H,2,5-8,11,13-14H2,1H3,(H,29,35)(H,30,36)/t16-/m0/s1. The van der Waals surface area contributed by atoms with Crippen LogP contribution in [0.4, 0.5) is 29.7 Å². The number of halogens is 2. The lowest BCUT2D eigenvalue weighted by Gasteiger charge is -2.36. The number of amides is 4. The van der Waals surface area contributed by atoms with Gasteiger partial charge in [0.25, 0.3) is 5.91 Å². The van der Waals surface area contributed by atoms with E-state index in [1.807, 2.05) is 0 Å². The highest BCUT2D eigenvalue weighted by Crippen LogP contribution is 2.31. The Bertz CT molecular complexity index is 1200. The number of ether oxygens (including phenoxy) is 2. The quantitative estimate of drug-likeness (QED) is 0.492. The minimum absolute atomic E-state index is 0.0162. The monoisotopic (exact) mass is 547 g/mol. The van der Waals surface area contributed by atoms with Gasteiger partial charge in [0, 0.05) is 50.7 Å². The SMILES string of the molecule is CCOC(=O)NC[C@H]1CN(c2cc(F)c(N3CCN(C(=O)CNC(=O)c4cnccn4)CC3)c(F)c2)C(=O)O1. The molecule has 2 aliphatic heterocycles. The van der Waals surface area contributed by atoms with Crippen molar-refractivity contribution >= 4 is 35.4 Å². The molecule has 0 radical (unpaired) electrons. The average Bonchev–Trinajstić information content (AvgIpc) is 3.31. The first-order chi connectivity index (χ1) is 18.8. The zero-order valence-corrected chi connectivity index (χ0v) is 21.1. The van der Waals surface area contributed by atoms with Crippen LogP contribution in [-0.2, 0) is 14.3 Å². The molecule has 0 saturated carbocycles. The summed E-state index contributed by atoms with van der Waals surface area (Å²) < 4.78 is 40.0. The molecule has 2 aromatic rings. The molecule has 13 nitrogen and oxygen atoms in total. The van der Waals surface area contributed by atoms with E-state index < -0.39 is 35.8 Å². The van der Waals surface area contributed by atoms with Gasteiger partial charge in [-0.1, -0.05) is 0 Å². The first kappa shape index (κ1) is 27.5. The van der Waals surface area contributed by atoms with Crippen LogP contribution in [0.5, 0.6) is 0 Å². The van der Waals surface area contributed by atoms with E-state index >= 15 is 8.78 Å². The fourth-order valence-corrected chi connectivity index (χ4v) is 4.18. The van der Waals surface area contributed by atoms with Crippen LogP contribution in [0.25, 0.3) is 0 Å². The Hall–Kier alpha value is -4.56. The third-order valence-corrected chi connectivity index (χ3v) is 6.08. The van der Waals surface area contributed by atoms with E-state index in [4.69, 9.17) is 9.47 Å². The third-order valence-electron chi connectivity index (χ3n) is 6.08. The molecule has 2 fully saturated rings. The number of nitrogens with zero attached hydrogens (tertiary/aromatic N) is 5. The number of alkyl carbamates (subject to hydrolysis) is 1. The van der Waals surface area contributed by atoms with Gasteiger partial charge < -0.3 is 29.9 Å². The molecule has 2 saturated heterocycles. The molecule has 0 unspecified atom stereocenters. The van der Waals surface area contributed by atoms with Gasteiger partial charge in [-0.3, -0.25) is 19.5 Å². The summed E-state index contributed by atoms with van der Waals surface area (Å²) in [6.45, 7) is 2.23. The number of benzene rings is 1. The van der Waals surface area contributed by atoms with Crippen molar-refractivity contribution in [3.8, 4) is 0 Å². The van der Waals surface area contributed by atoms with Crippen LogP contribution in [0.2, 0.25) is 0 Å². The molecule has 4 rings (SSSR count). The van der Waals surface area contributed by atoms with E-state index in [1.165, 1.54) is 28.4 Å². The third kappa shape index (κ3) is 6.66. The average molecular weight is 548 g/mol. The van der Waals surface area contributed by atoms with E-state index in [1.54, 1.807) is 6.92 Å². The molecule has 2 aliphatic rings. The molecule has 3 heterocycles. The Morgan fingerprint density at radius 3 is 2.46 bits per heavy atom. The Balaban J connectivity index is 1.31. The fourth-order valence-electron chi connectivity index (χ4n) is 4.18. The van der Waals surface area contributed by atoms with E-state index in [0.29, 0.717) is 0 Å². The largest absolute Gasteiger partial charge is 0.450 e. The molecule has 39 heavy (non-hydrogen) atoms. The van der Waals surface area contributed by atoms with Crippen LogP contribution < -0.4 is 20.4 Å². The van der Waals surface area contributed by atoms with E-state index in [9.17, 15) is 19.2 Å². The summed E-state index contributed by atoms with van der Waals surface area (Å²) in [4.78, 5) is 60.0. The Kier molecular flexibility index (Phi) is 8.68. The Morgan fingerprint density at radius 2 is 1.82 bits per heavy atom. The van der Waals surface area contributed by atoms with E-state index in [2.05, 4.69) is 20.6 Å². The summed E-state index contributed by atoms with van der Waals surface area (Å²) in [5, 5.41) is 4.93. The molecular weight excluding hydrogens is 520 g/mol. The zero-order chi connectivity index (χ0) is 27.9. The lowest BCUT2D eigenvalue weighted by molar-refractivity contribution is -0.130. The topological polar surface area (TPSA) is 146 Å². The van der Waals surface area contributed by atoms with E-state index in [0.717, 1.165) is 17.0 Å². The maximum Gasteiger partial charge on any atom is 0.414 e. The van der Waals surface area contributed by atoms with Crippen LogP contribution in [0.1, 0.15) is 17.4 Å². The van der Waals surface area contributed by atoms with Crippen molar-refractivity contribution in [2.24, 2.45) is 0 Å². The predicted octanol–water partition coefficient (Wildman–Crippen LogP) is 0.905. The van der Waals surface area contributed by atoms with Gasteiger partial charge in [0.1, 0.15) is 17.5 Å². The number of nitrogens with one attached hydrogen (secondary N) is 2. The summed E-state index contributed by atoms with van der Waals surface area (Å²) in [6, 6.07) is 2.08. The first-order valence-electron chi connectivity index (χ1n) is 12.2. The number of cyclic esters (lactones) is 1. The number of piperazine rings is 1. The normalized spacial score (nSPS) is 17.1. The number of hydrogen-bond donors (Lipinski definition) is 2. The maximum absolute atomic E-state index is 15.1. The number of hydrogen-bond acceptors (Lipinski definition) is 9. The predicted molar refractivity (Wildman–Crippen MR) is 132 cm³/mol.